The van der Waals surface area contributed by atoms with Crippen LogP contribution in [0.3, 0.4) is 0 Å². The van der Waals surface area contributed by atoms with E-state index in [9.17, 15) is 9.59 Å². The second-order valence-electron chi connectivity index (χ2n) is 6.82. The molecule has 0 unspecified atom stereocenters. The summed E-state index contributed by atoms with van der Waals surface area (Å²) >= 11 is 0. The molecule has 26 heavy (non-hydrogen) atoms. The Hall–Kier alpha value is -2.64. The van der Waals surface area contributed by atoms with E-state index in [0.29, 0.717) is 19.5 Å². The fraction of sp³-hybridized carbons (Fsp3) is 0.556. The van der Waals surface area contributed by atoms with Crippen LogP contribution in [0.1, 0.15) is 36.3 Å². The van der Waals surface area contributed by atoms with Gasteiger partial charge in [0.1, 0.15) is 0 Å². The van der Waals surface area contributed by atoms with Crippen LogP contribution in [0.25, 0.3) is 0 Å². The van der Waals surface area contributed by atoms with E-state index in [2.05, 4.69) is 15.4 Å². The van der Waals surface area contributed by atoms with E-state index in [1.807, 2.05) is 38.7 Å². The standard InChI is InChI=1S/C18H26N6O2/c1-5-24-16(25)8-14(17(24)15-9-21-23(4)12(15)2)18(26)19-7-6-13-10-22(3)11-20-13/h9-11,14,17H,5-8H2,1-4H3,(H,19,26)/t14-,17-/m0/s1. The van der Waals surface area contributed by atoms with Gasteiger partial charge in [0.2, 0.25) is 11.8 Å². The molecule has 8 heteroatoms. The highest BCUT2D eigenvalue weighted by Gasteiger charge is 2.44. The summed E-state index contributed by atoms with van der Waals surface area (Å²) in [6.45, 7) is 4.99. The highest BCUT2D eigenvalue weighted by atomic mass is 16.2. The fourth-order valence-electron chi connectivity index (χ4n) is 3.63. The topological polar surface area (TPSA) is 85.1 Å². The number of nitrogens with one attached hydrogen (secondary N) is 1. The molecule has 1 aliphatic heterocycles. The van der Waals surface area contributed by atoms with Gasteiger partial charge in [0, 0.05) is 57.5 Å². The van der Waals surface area contributed by atoms with Gasteiger partial charge in [0.15, 0.2) is 0 Å². The maximum absolute atomic E-state index is 12.8. The minimum Gasteiger partial charge on any atom is -0.355 e. The van der Waals surface area contributed by atoms with Gasteiger partial charge in [-0.05, 0) is 13.8 Å². The first kappa shape index (κ1) is 18.2. The summed E-state index contributed by atoms with van der Waals surface area (Å²) in [6.07, 6.45) is 6.36. The van der Waals surface area contributed by atoms with Gasteiger partial charge in [-0.15, -0.1) is 0 Å². The van der Waals surface area contributed by atoms with Crippen LogP contribution in [-0.2, 0) is 30.1 Å². The molecule has 1 saturated heterocycles. The van der Waals surface area contributed by atoms with Crippen LogP contribution in [-0.4, -0.2) is 49.1 Å². The number of rotatable bonds is 6. The molecule has 0 spiro atoms. The first-order valence-electron chi connectivity index (χ1n) is 8.94. The summed E-state index contributed by atoms with van der Waals surface area (Å²) in [7, 11) is 3.78. The Bertz CT molecular complexity index is 808. The zero-order chi connectivity index (χ0) is 18.8. The molecule has 140 valence electrons. The van der Waals surface area contributed by atoms with Crippen LogP contribution < -0.4 is 5.32 Å². The molecule has 0 saturated carbocycles. The van der Waals surface area contributed by atoms with Crippen LogP contribution >= 0.6 is 0 Å². The lowest BCUT2D eigenvalue weighted by molar-refractivity contribution is -0.129. The number of nitrogens with zero attached hydrogens (tertiary/aromatic N) is 5. The number of hydrogen-bond acceptors (Lipinski definition) is 4. The molecule has 3 heterocycles. The Morgan fingerprint density at radius 2 is 2.15 bits per heavy atom. The lowest BCUT2D eigenvalue weighted by atomic mass is 9.93. The van der Waals surface area contributed by atoms with Crippen molar-refractivity contribution in [3.63, 3.8) is 0 Å². The van der Waals surface area contributed by atoms with E-state index in [1.54, 1.807) is 22.1 Å². The number of aromatic nitrogens is 4. The smallest absolute Gasteiger partial charge is 0.226 e. The largest absolute Gasteiger partial charge is 0.355 e. The van der Waals surface area contributed by atoms with Crippen LogP contribution in [0.5, 0.6) is 0 Å². The molecule has 2 aromatic heterocycles. The molecule has 1 aliphatic rings. The summed E-state index contributed by atoms with van der Waals surface area (Å²) < 4.78 is 3.66. The lowest BCUT2D eigenvalue weighted by Crippen LogP contribution is -2.36. The average Bonchev–Trinajstić information content (AvgIpc) is 3.26. The minimum atomic E-state index is -0.394. The van der Waals surface area contributed by atoms with Crippen LogP contribution in [0.15, 0.2) is 18.7 Å². The molecular formula is C18H26N6O2. The van der Waals surface area contributed by atoms with Crippen LogP contribution in [0.2, 0.25) is 0 Å². The number of likely N-dealkylation sites (tertiary alicyclic amines) is 1. The predicted octanol–water partition coefficient (Wildman–Crippen LogP) is 0.730. The first-order valence-corrected chi connectivity index (χ1v) is 8.94. The fourth-order valence-corrected chi connectivity index (χ4v) is 3.63. The summed E-state index contributed by atoms with van der Waals surface area (Å²) in [5, 5.41) is 7.27. The zero-order valence-electron chi connectivity index (χ0n) is 15.8. The van der Waals surface area contributed by atoms with Gasteiger partial charge in [0.25, 0.3) is 0 Å². The SMILES string of the molecule is CCN1C(=O)C[C@H](C(=O)NCCc2cn(C)cn2)[C@H]1c1cnn(C)c1C. The number of carbonyl (C=O) groups is 2. The monoisotopic (exact) mass is 358 g/mol. The molecule has 0 bridgehead atoms. The molecule has 2 atom stereocenters. The summed E-state index contributed by atoms with van der Waals surface area (Å²) in [6, 6.07) is -0.254. The van der Waals surface area contributed by atoms with Crippen LogP contribution in [0.4, 0.5) is 0 Å². The second kappa shape index (κ2) is 7.31. The van der Waals surface area contributed by atoms with Crippen molar-refractivity contribution < 1.29 is 9.59 Å². The second-order valence-corrected chi connectivity index (χ2v) is 6.82. The molecule has 0 radical (unpaired) electrons. The summed E-state index contributed by atoms with van der Waals surface area (Å²) in [5.74, 6) is -0.460. The van der Waals surface area contributed by atoms with Crippen LogP contribution in [0, 0.1) is 12.8 Å². The zero-order valence-corrected chi connectivity index (χ0v) is 15.8. The number of aryl methyl sites for hydroxylation is 2. The molecule has 2 aromatic rings. The van der Waals surface area contributed by atoms with Crippen molar-refractivity contribution in [1.29, 1.82) is 0 Å². The van der Waals surface area contributed by atoms with Gasteiger partial charge in [-0.3, -0.25) is 14.3 Å². The Balaban J connectivity index is 1.72. The quantitative estimate of drug-likeness (QED) is 0.825. The Kier molecular flexibility index (Phi) is 5.11. The molecule has 2 amide bonds. The van der Waals surface area contributed by atoms with Crippen molar-refractivity contribution in [3.05, 3.63) is 35.7 Å². The highest BCUT2D eigenvalue weighted by molar-refractivity contribution is 5.90. The number of imidazole rings is 1. The Morgan fingerprint density at radius 3 is 2.73 bits per heavy atom. The van der Waals surface area contributed by atoms with Crippen molar-refractivity contribution in [3.8, 4) is 0 Å². The molecular weight excluding hydrogens is 332 g/mol. The van der Waals surface area contributed by atoms with Crippen molar-refractivity contribution in [2.75, 3.05) is 13.1 Å². The maximum atomic E-state index is 12.8. The third-order valence-electron chi connectivity index (χ3n) is 5.14. The molecule has 8 nitrogen and oxygen atoms in total. The third kappa shape index (κ3) is 3.36. The third-order valence-corrected chi connectivity index (χ3v) is 5.14. The Morgan fingerprint density at radius 1 is 1.38 bits per heavy atom. The van der Waals surface area contributed by atoms with Gasteiger partial charge in [-0.2, -0.15) is 5.10 Å². The van der Waals surface area contributed by atoms with Crippen molar-refractivity contribution in [2.45, 2.75) is 32.7 Å². The molecule has 1 N–H and O–H groups in total. The van der Waals surface area contributed by atoms with Crippen molar-refractivity contribution >= 4 is 11.8 Å². The molecule has 0 aliphatic carbocycles. The minimum absolute atomic E-state index is 0.0191. The van der Waals surface area contributed by atoms with E-state index in [4.69, 9.17) is 0 Å². The Labute approximate surface area is 153 Å². The van der Waals surface area contributed by atoms with Crippen molar-refractivity contribution in [2.24, 2.45) is 20.0 Å². The number of amides is 2. The normalized spacial score (nSPS) is 20.0. The van der Waals surface area contributed by atoms with Crippen molar-refractivity contribution in [1.82, 2.24) is 29.5 Å². The molecule has 0 aromatic carbocycles. The lowest BCUT2D eigenvalue weighted by Gasteiger charge is -2.26. The van der Waals surface area contributed by atoms with Gasteiger partial charge in [-0.1, -0.05) is 0 Å². The molecule has 3 rings (SSSR count). The summed E-state index contributed by atoms with van der Waals surface area (Å²) in [5.41, 5.74) is 2.87. The number of hydrogen-bond donors (Lipinski definition) is 1. The predicted molar refractivity (Wildman–Crippen MR) is 96.1 cm³/mol. The maximum Gasteiger partial charge on any atom is 0.226 e. The first-order chi connectivity index (χ1) is 12.4. The number of carbonyl (C=O) groups excluding carboxylic acids is 2. The van der Waals surface area contributed by atoms with Gasteiger partial charge in [0.05, 0.1) is 30.2 Å². The highest BCUT2D eigenvalue weighted by Crippen LogP contribution is 2.39. The van der Waals surface area contributed by atoms with Gasteiger partial charge >= 0.3 is 0 Å². The van der Waals surface area contributed by atoms with E-state index >= 15 is 0 Å². The average molecular weight is 358 g/mol. The van der Waals surface area contributed by atoms with E-state index in [-0.39, 0.29) is 24.3 Å². The van der Waals surface area contributed by atoms with Gasteiger partial charge in [-0.25, -0.2) is 4.98 Å². The van der Waals surface area contributed by atoms with E-state index < -0.39 is 5.92 Å². The summed E-state index contributed by atoms with van der Waals surface area (Å²) in [4.78, 5) is 31.3. The van der Waals surface area contributed by atoms with E-state index in [0.717, 1.165) is 17.0 Å². The van der Waals surface area contributed by atoms with Gasteiger partial charge < -0.3 is 14.8 Å². The molecule has 1 fully saturated rings. The van der Waals surface area contributed by atoms with E-state index in [1.165, 1.54) is 0 Å².